The summed E-state index contributed by atoms with van der Waals surface area (Å²) in [5.41, 5.74) is -4.69. The fourth-order valence-electron chi connectivity index (χ4n) is 27.0. The molecule has 0 aromatic heterocycles. The highest BCUT2D eigenvalue weighted by atomic mass is 16.6. The fourth-order valence-corrected chi connectivity index (χ4v) is 27.0. The third-order valence-electron chi connectivity index (χ3n) is 35.5. The van der Waals surface area contributed by atoms with Gasteiger partial charge in [0.2, 0.25) is 0 Å². The molecule has 32 atom stereocenters. The highest BCUT2D eigenvalue weighted by molar-refractivity contribution is 5.88. The summed E-state index contributed by atoms with van der Waals surface area (Å²) >= 11 is 0. The Bertz CT molecular complexity index is 3010. The number of esters is 4. The summed E-state index contributed by atoms with van der Waals surface area (Å²) in [5, 5.41) is 45.5. The first-order valence-electron chi connectivity index (χ1n) is 42.4. The predicted octanol–water partition coefficient (Wildman–Crippen LogP) is 17.8. The van der Waals surface area contributed by atoms with Crippen molar-refractivity contribution in [2.75, 3.05) is 0 Å². The van der Waals surface area contributed by atoms with Crippen LogP contribution in [-0.4, -0.2) is 116 Å². The van der Waals surface area contributed by atoms with Gasteiger partial charge in [-0.05, 0) is 172 Å². The van der Waals surface area contributed by atoms with Gasteiger partial charge >= 0.3 is 23.9 Å². The monoisotopic (exact) mass is 1520 g/mol. The van der Waals surface area contributed by atoms with Crippen molar-refractivity contribution in [3.05, 3.63) is 50.6 Å². The summed E-state index contributed by atoms with van der Waals surface area (Å²) in [7, 11) is 0. The van der Waals surface area contributed by atoms with Crippen molar-refractivity contribution < 1.29 is 77.7 Å². The number of Topliss-reactive ketones (excluding diaryl/α,β-unsaturated/α-hetero) is 4. The Balaban J connectivity index is 0.000000182. The molecule has 0 aliphatic heterocycles. The van der Waals surface area contributed by atoms with Crippen molar-refractivity contribution in [1.29, 1.82) is 0 Å². The molecule has 0 amide bonds. The second kappa shape index (κ2) is 32.2. The molecule has 0 saturated heterocycles. The second-order valence-corrected chi connectivity index (χ2v) is 39.7. The topological polar surface area (TPSA) is 254 Å². The maximum atomic E-state index is 13.2. The lowest BCUT2D eigenvalue weighted by molar-refractivity contribution is -0.206. The average molecular weight is 1520 g/mol. The first-order chi connectivity index (χ1) is 50.3. The minimum absolute atomic E-state index is 0. The lowest BCUT2D eigenvalue weighted by Gasteiger charge is -2.61. The van der Waals surface area contributed by atoms with Crippen molar-refractivity contribution in [1.82, 2.24) is 0 Å². The van der Waals surface area contributed by atoms with E-state index in [9.17, 15) is 58.8 Å². The van der Waals surface area contributed by atoms with Gasteiger partial charge in [0, 0.05) is 118 Å². The van der Waals surface area contributed by atoms with Crippen LogP contribution in [0.3, 0.4) is 0 Å². The van der Waals surface area contributed by atoms with Gasteiger partial charge in [-0.1, -0.05) is 170 Å². The summed E-state index contributed by atoms with van der Waals surface area (Å²) in [6.07, 6.45) is 20.1. The number of hydrogen-bond acceptors (Lipinski definition) is 16. The zero-order valence-corrected chi connectivity index (χ0v) is 70.3. The third kappa shape index (κ3) is 14.0. The van der Waals surface area contributed by atoms with Gasteiger partial charge in [0.1, 0.15) is 47.5 Å². The molecule has 0 aromatic rings. The quantitative estimate of drug-likeness (QED) is 0.0805. The van der Waals surface area contributed by atoms with E-state index in [1.165, 1.54) is 0 Å². The van der Waals surface area contributed by atoms with Gasteiger partial charge in [-0.25, -0.2) is 0 Å². The standard InChI is InChI=1S/4C23H36O4.CH4/c4*1-7-18(25)27-17-13-21(5,8-2)20(26)15(4)23-11-9-14(3)22(17,6)19(23)16(24)10-12-23;/h4*8,14-15,17,19-20,26H,2,7,9-13H2,1,3-6H3;1H4/t14-,15+,17-,19?,20+,21+,22+,23+;14-,15+,17-,19?,20+,21-,22+,23+;14-,15+,17-,19+,20+,21+,22+,23+;14-,15+,17-,19+,20+,21-,22+,23+;/m1111./s1. The Morgan fingerprint density at radius 2 is 0.505 bits per heavy atom. The first-order valence-corrected chi connectivity index (χ1v) is 42.4. The Morgan fingerprint density at radius 3 is 0.651 bits per heavy atom. The van der Waals surface area contributed by atoms with Gasteiger partial charge in [-0.3, -0.25) is 38.4 Å². The number of aliphatic hydroxyl groups is 4. The van der Waals surface area contributed by atoms with E-state index in [1.807, 2.05) is 52.0 Å². The maximum Gasteiger partial charge on any atom is 0.305 e. The zero-order chi connectivity index (χ0) is 80.8. The van der Waals surface area contributed by atoms with Crippen LogP contribution in [0.5, 0.6) is 0 Å². The molecule has 0 radical (unpaired) electrons. The second-order valence-electron chi connectivity index (χ2n) is 39.7. The third-order valence-corrected chi connectivity index (χ3v) is 35.5. The molecule has 109 heavy (non-hydrogen) atoms. The molecule has 12 fully saturated rings. The highest BCUT2D eigenvalue weighted by Crippen LogP contribution is 2.73. The number of carbonyl (C=O) groups is 8. The van der Waals surface area contributed by atoms with Crippen molar-refractivity contribution in [2.24, 2.45) is 136 Å². The van der Waals surface area contributed by atoms with E-state index in [2.05, 4.69) is 109 Å². The molecule has 0 aromatic carbocycles. The van der Waals surface area contributed by atoms with Crippen molar-refractivity contribution in [3.8, 4) is 0 Å². The molecule has 12 rings (SSSR count). The van der Waals surface area contributed by atoms with Gasteiger partial charge in [0.15, 0.2) is 0 Å². The van der Waals surface area contributed by atoms with Crippen molar-refractivity contribution >= 4 is 47.0 Å². The largest absolute Gasteiger partial charge is 0.462 e. The minimum Gasteiger partial charge on any atom is -0.462 e. The Labute approximate surface area is 656 Å². The molecule has 12 saturated carbocycles. The zero-order valence-electron chi connectivity index (χ0n) is 70.3. The number of ketones is 4. The summed E-state index contributed by atoms with van der Waals surface area (Å²) < 4.78 is 24.1. The van der Waals surface area contributed by atoms with Gasteiger partial charge in [-0.15, -0.1) is 26.3 Å². The highest BCUT2D eigenvalue weighted by Gasteiger charge is 2.73. The van der Waals surface area contributed by atoms with E-state index in [-0.39, 0.29) is 124 Å². The van der Waals surface area contributed by atoms with Gasteiger partial charge < -0.3 is 39.4 Å². The number of aliphatic hydroxyl groups excluding tert-OH is 4. The molecule has 16 heteroatoms. The van der Waals surface area contributed by atoms with Crippen LogP contribution in [0.25, 0.3) is 0 Å². The molecular formula is C93H148O16. The number of hydrogen-bond donors (Lipinski definition) is 4. The van der Waals surface area contributed by atoms with Crippen LogP contribution in [0.2, 0.25) is 0 Å². The Morgan fingerprint density at radius 1 is 0.339 bits per heavy atom. The van der Waals surface area contributed by atoms with E-state index in [0.29, 0.717) is 100 Å². The van der Waals surface area contributed by atoms with Crippen LogP contribution < -0.4 is 0 Å². The van der Waals surface area contributed by atoms with Gasteiger partial charge in [0.25, 0.3) is 0 Å². The molecule has 616 valence electrons. The number of rotatable bonds is 12. The lowest BCUT2D eigenvalue weighted by Crippen LogP contribution is -2.63. The van der Waals surface area contributed by atoms with Crippen LogP contribution in [0, 0.1) is 136 Å². The van der Waals surface area contributed by atoms with Crippen LogP contribution in [0.15, 0.2) is 50.6 Å². The van der Waals surface area contributed by atoms with E-state index in [4.69, 9.17) is 18.9 Å². The van der Waals surface area contributed by atoms with E-state index >= 15 is 0 Å². The minimum atomic E-state index is -0.607. The number of carbonyl (C=O) groups excluding carboxylic acids is 8. The van der Waals surface area contributed by atoms with Crippen LogP contribution >= 0.6 is 0 Å². The average Bonchev–Trinajstić information content (AvgIpc) is 1.66. The first kappa shape index (κ1) is 89.9. The van der Waals surface area contributed by atoms with E-state index < -0.39 is 92.2 Å². The Hall–Kier alpha value is -4.64. The summed E-state index contributed by atoms with van der Waals surface area (Å²) in [6, 6.07) is 0. The smallest absolute Gasteiger partial charge is 0.305 e. The summed E-state index contributed by atoms with van der Waals surface area (Å²) in [5.74, 6) is 0.797. The summed E-state index contributed by atoms with van der Waals surface area (Å²) in [4.78, 5) is 102. The molecule has 12 aliphatic rings. The van der Waals surface area contributed by atoms with E-state index in [0.717, 1.165) is 77.0 Å². The van der Waals surface area contributed by atoms with Crippen molar-refractivity contribution in [3.63, 3.8) is 0 Å². The number of ether oxygens (including phenoxy) is 4. The normalized spacial score (nSPS) is 49.2. The van der Waals surface area contributed by atoms with Crippen LogP contribution in [-0.2, 0) is 57.3 Å². The van der Waals surface area contributed by atoms with Crippen molar-refractivity contribution in [2.45, 2.75) is 349 Å². The SMILES string of the molecule is C.C=C[C@@]1(C)C[C@@H](OC(=O)CC)[C@@]2(C)C3C(=O)CC[C@@]3(CC[C@H]2C)[C@@H](C)[C@@H]1O.C=C[C@@]1(C)C[C@@H](OC(=O)CC)[C@]2(C)[C@H](C)CC[C@]3(CCC(=O)[C@H]32)[C@@H](C)[C@@H]1O.C=C[C@]1(C)C[C@@H](OC(=O)CC)[C@@]2(C)C3C(=O)CC[C@@]3(CC[C@H]2C)[C@@H](C)[C@@H]1O.C=C[C@]1(C)C[C@@H](OC(=O)CC)[C@]2(C)[C@H](C)CC[C@]3(CCC(=O)[C@H]32)[C@@H](C)[C@@H]1O. The molecule has 16 nitrogen and oxygen atoms in total. The molecule has 4 N–H and O–H groups in total. The lowest BCUT2D eigenvalue weighted by atomic mass is 9.44. The van der Waals surface area contributed by atoms with E-state index in [1.54, 1.807) is 27.7 Å². The fraction of sp³-hybridized carbons (Fsp3) is 0.828. The molecule has 2 unspecified atom stereocenters. The molecule has 0 heterocycles. The predicted molar refractivity (Wildman–Crippen MR) is 426 cm³/mol. The maximum absolute atomic E-state index is 13.2. The van der Waals surface area contributed by atoms with Crippen LogP contribution in [0.1, 0.15) is 300 Å². The van der Waals surface area contributed by atoms with Gasteiger partial charge in [0.05, 0.1) is 24.4 Å². The molecule has 8 bridgehead atoms. The summed E-state index contributed by atoms with van der Waals surface area (Å²) in [6.45, 7) is 57.3. The van der Waals surface area contributed by atoms with Crippen LogP contribution in [0.4, 0.5) is 0 Å². The molecule has 12 aliphatic carbocycles. The van der Waals surface area contributed by atoms with Gasteiger partial charge in [-0.2, -0.15) is 0 Å². The molecular weight excluding hydrogens is 1370 g/mol. The Kier molecular flexibility index (Phi) is 26.6. The molecule has 0 spiro atoms.